The SMILES string of the molecule is Cn1ncc2c1CCC[C@H]2NC(=O)NC[C@H]1Cc2ccccc2O1. The van der Waals surface area contributed by atoms with Crippen molar-refractivity contribution < 1.29 is 9.53 Å². The van der Waals surface area contributed by atoms with Crippen molar-refractivity contribution in [1.82, 2.24) is 20.4 Å². The number of fused-ring (bicyclic) bond motifs is 2. The summed E-state index contributed by atoms with van der Waals surface area (Å²) in [5.74, 6) is 0.928. The number of ether oxygens (including phenoxy) is 1. The van der Waals surface area contributed by atoms with E-state index in [-0.39, 0.29) is 18.2 Å². The van der Waals surface area contributed by atoms with Gasteiger partial charge in [0, 0.05) is 24.7 Å². The number of aromatic nitrogens is 2. The first kappa shape index (κ1) is 15.1. The number of carbonyl (C=O) groups excluding carboxylic acids is 1. The number of nitrogens with one attached hydrogen (secondary N) is 2. The second-order valence-electron chi connectivity index (χ2n) is 6.52. The van der Waals surface area contributed by atoms with Crippen LogP contribution in [-0.4, -0.2) is 28.5 Å². The molecule has 1 aromatic carbocycles. The lowest BCUT2D eigenvalue weighted by molar-refractivity contribution is 0.211. The summed E-state index contributed by atoms with van der Waals surface area (Å²) in [6.07, 6.45) is 5.77. The number of urea groups is 1. The summed E-state index contributed by atoms with van der Waals surface area (Å²) in [4.78, 5) is 12.3. The number of nitrogens with zero attached hydrogens (tertiary/aromatic N) is 2. The van der Waals surface area contributed by atoms with E-state index in [0.29, 0.717) is 6.54 Å². The van der Waals surface area contributed by atoms with Gasteiger partial charge in [0.1, 0.15) is 11.9 Å². The molecule has 2 heterocycles. The van der Waals surface area contributed by atoms with E-state index in [9.17, 15) is 4.79 Å². The van der Waals surface area contributed by atoms with Crippen LogP contribution < -0.4 is 15.4 Å². The average Bonchev–Trinajstić information content (AvgIpc) is 3.17. The van der Waals surface area contributed by atoms with Crippen LogP contribution in [-0.2, 0) is 19.9 Å². The molecule has 2 atom stereocenters. The Kier molecular flexibility index (Phi) is 3.88. The lowest BCUT2D eigenvalue weighted by atomic mass is 9.93. The molecule has 0 fully saturated rings. The number of benzene rings is 1. The zero-order valence-electron chi connectivity index (χ0n) is 13.8. The van der Waals surface area contributed by atoms with Crippen LogP contribution in [0.3, 0.4) is 0 Å². The number of rotatable bonds is 3. The van der Waals surface area contributed by atoms with Gasteiger partial charge in [-0.05, 0) is 30.9 Å². The maximum atomic E-state index is 12.3. The van der Waals surface area contributed by atoms with Gasteiger partial charge in [-0.3, -0.25) is 4.68 Å². The van der Waals surface area contributed by atoms with Crippen molar-refractivity contribution >= 4 is 6.03 Å². The third-order valence-electron chi connectivity index (χ3n) is 4.89. The van der Waals surface area contributed by atoms with Gasteiger partial charge in [0.2, 0.25) is 0 Å². The number of aryl methyl sites for hydroxylation is 1. The van der Waals surface area contributed by atoms with Crippen molar-refractivity contribution in [2.75, 3.05) is 6.54 Å². The molecule has 1 aliphatic heterocycles. The molecule has 2 aromatic rings. The maximum absolute atomic E-state index is 12.3. The second-order valence-corrected chi connectivity index (χ2v) is 6.52. The number of hydrogen-bond donors (Lipinski definition) is 2. The normalized spacial score (nSPS) is 21.5. The largest absolute Gasteiger partial charge is 0.488 e. The summed E-state index contributed by atoms with van der Waals surface area (Å²) in [6, 6.07) is 7.93. The fourth-order valence-electron chi connectivity index (χ4n) is 3.64. The lowest BCUT2D eigenvalue weighted by Gasteiger charge is -2.24. The summed E-state index contributed by atoms with van der Waals surface area (Å²) >= 11 is 0. The van der Waals surface area contributed by atoms with E-state index in [4.69, 9.17) is 4.74 Å². The standard InChI is InChI=1S/C18H22N4O2/c1-22-16-7-4-6-15(14(16)11-20-22)21-18(23)19-10-13-9-12-5-2-3-8-17(12)24-13/h2-3,5,8,11,13,15H,4,6-7,9-10H2,1H3,(H2,19,21,23)/t13-,15-/m1/s1. The Morgan fingerprint density at radius 2 is 2.29 bits per heavy atom. The average molecular weight is 326 g/mol. The molecule has 2 N–H and O–H groups in total. The minimum atomic E-state index is -0.142. The van der Waals surface area contributed by atoms with Crippen molar-refractivity contribution in [3.8, 4) is 5.75 Å². The van der Waals surface area contributed by atoms with Crippen LogP contribution in [0.25, 0.3) is 0 Å². The van der Waals surface area contributed by atoms with Crippen LogP contribution in [0.15, 0.2) is 30.5 Å². The molecular formula is C18H22N4O2. The monoisotopic (exact) mass is 326 g/mol. The van der Waals surface area contributed by atoms with Gasteiger partial charge in [0.05, 0.1) is 18.8 Å². The molecule has 126 valence electrons. The van der Waals surface area contributed by atoms with E-state index in [1.165, 1.54) is 11.3 Å². The highest BCUT2D eigenvalue weighted by Crippen LogP contribution is 2.29. The molecule has 1 aliphatic carbocycles. The molecule has 24 heavy (non-hydrogen) atoms. The third kappa shape index (κ3) is 2.84. The first-order chi connectivity index (χ1) is 11.7. The first-order valence-corrected chi connectivity index (χ1v) is 8.50. The van der Waals surface area contributed by atoms with Crippen molar-refractivity contribution in [3.63, 3.8) is 0 Å². The van der Waals surface area contributed by atoms with Gasteiger partial charge in [0.15, 0.2) is 0 Å². The molecule has 0 unspecified atom stereocenters. The smallest absolute Gasteiger partial charge is 0.315 e. The van der Waals surface area contributed by atoms with Crippen LogP contribution in [0.4, 0.5) is 4.79 Å². The van der Waals surface area contributed by atoms with Crippen LogP contribution in [0.5, 0.6) is 5.75 Å². The fraction of sp³-hybridized carbons (Fsp3) is 0.444. The van der Waals surface area contributed by atoms with Gasteiger partial charge >= 0.3 is 6.03 Å². The summed E-state index contributed by atoms with van der Waals surface area (Å²) in [5, 5.41) is 10.3. The van der Waals surface area contributed by atoms with E-state index in [1.807, 2.05) is 36.1 Å². The van der Waals surface area contributed by atoms with E-state index in [2.05, 4.69) is 21.8 Å². The molecule has 0 bridgehead atoms. The highest BCUT2D eigenvalue weighted by atomic mass is 16.5. The molecule has 6 heteroatoms. The van der Waals surface area contributed by atoms with Crippen LogP contribution in [0.1, 0.15) is 35.7 Å². The fourth-order valence-corrected chi connectivity index (χ4v) is 3.64. The van der Waals surface area contributed by atoms with Crippen LogP contribution >= 0.6 is 0 Å². The van der Waals surface area contributed by atoms with Crippen molar-refractivity contribution in [3.05, 3.63) is 47.3 Å². The third-order valence-corrected chi connectivity index (χ3v) is 4.89. The van der Waals surface area contributed by atoms with Crippen molar-refractivity contribution in [2.45, 2.75) is 37.8 Å². The topological polar surface area (TPSA) is 68.2 Å². The van der Waals surface area contributed by atoms with Gasteiger partial charge < -0.3 is 15.4 Å². The van der Waals surface area contributed by atoms with E-state index >= 15 is 0 Å². The Bertz CT molecular complexity index is 730. The molecule has 2 aliphatic rings. The molecule has 2 amide bonds. The van der Waals surface area contributed by atoms with E-state index in [0.717, 1.165) is 37.0 Å². The number of para-hydroxylation sites is 1. The molecular weight excluding hydrogens is 304 g/mol. The molecule has 0 saturated heterocycles. The minimum Gasteiger partial charge on any atom is -0.488 e. The first-order valence-electron chi connectivity index (χ1n) is 8.50. The van der Waals surface area contributed by atoms with Crippen molar-refractivity contribution in [2.24, 2.45) is 7.05 Å². The summed E-state index contributed by atoms with van der Waals surface area (Å²) < 4.78 is 7.76. The van der Waals surface area contributed by atoms with Gasteiger partial charge in [-0.15, -0.1) is 0 Å². The Labute approximate surface area is 141 Å². The van der Waals surface area contributed by atoms with Gasteiger partial charge in [0.25, 0.3) is 0 Å². The van der Waals surface area contributed by atoms with Crippen LogP contribution in [0.2, 0.25) is 0 Å². The Hall–Kier alpha value is -2.50. The number of hydrogen-bond acceptors (Lipinski definition) is 3. The molecule has 0 spiro atoms. The minimum absolute atomic E-state index is 0.00783. The predicted octanol–water partition coefficient (Wildman–Crippen LogP) is 2.10. The molecule has 4 rings (SSSR count). The van der Waals surface area contributed by atoms with Gasteiger partial charge in [-0.1, -0.05) is 18.2 Å². The summed E-state index contributed by atoms with van der Waals surface area (Å²) in [6.45, 7) is 0.507. The molecule has 0 radical (unpaired) electrons. The Morgan fingerprint density at radius 3 is 3.17 bits per heavy atom. The maximum Gasteiger partial charge on any atom is 0.315 e. The molecule has 0 saturated carbocycles. The number of carbonyl (C=O) groups is 1. The molecule has 1 aromatic heterocycles. The van der Waals surface area contributed by atoms with Gasteiger partial charge in [-0.25, -0.2) is 4.79 Å². The lowest BCUT2D eigenvalue weighted by Crippen LogP contribution is -2.43. The Balaban J connectivity index is 1.31. The van der Waals surface area contributed by atoms with Crippen molar-refractivity contribution in [1.29, 1.82) is 0 Å². The predicted molar refractivity (Wildman–Crippen MR) is 90.0 cm³/mol. The second kappa shape index (κ2) is 6.19. The van der Waals surface area contributed by atoms with E-state index < -0.39 is 0 Å². The molecule has 6 nitrogen and oxygen atoms in total. The summed E-state index contributed by atoms with van der Waals surface area (Å²) in [5.41, 5.74) is 3.57. The zero-order valence-corrected chi connectivity index (χ0v) is 13.8. The highest BCUT2D eigenvalue weighted by Gasteiger charge is 2.26. The number of amides is 2. The van der Waals surface area contributed by atoms with Crippen LogP contribution in [0, 0.1) is 0 Å². The van der Waals surface area contributed by atoms with Gasteiger partial charge in [-0.2, -0.15) is 5.10 Å². The quantitative estimate of drug-likeness (QED) is 0.907. The van der Waals surface area contributed by atoms with E-state index in [1.54, 1.807) is 0 Å². The Morgan fingerprint density at radius 1 is 1.42 bits per heavy atom. The zero-order chi connectivity index (χ0) is 16.5. The highest BCUT2D eigenvalue weighted by molar-refractivity contribution is 5.74. The summed E-state index contributed by atoms with van der Waals surface area (Å²) in [7, 11) is 1.95.